The summed E-state index contributed by atoms with van der Waals surface area (Å²) in [4.78, 5) is 12.9. The molecule has 0 bridgehead atoms. The van der Waals surface area contributed by atoms with Gasteiger partial charge >= 0.3 is 5.97 Å². The van der Waals surface area contributed by atoms with Gasteiger partial charge in [-0.2, -0.15) is 4.68 Å². The number of likely N-dealkylation sites (tertiary alicyclic amines) is 1. The van der Waals surface area contributed by atoms with Crippen molar-refractivity contribution in [3.05, 3.63) is 33.6 Å². The van der Waals surface area contributed by atoms with Gasteiger partial charge in [0.05, 0.1) is 12.7 Å². The minimum absolute atomic E-state index is 0.221. The van der Waals surface area contributed by atoms with Gasteiger partial charge in [-0.1, -0.05) is 12.1 Å². The Bertz CT molecular complexity index is 806. The van der Waals surface area contributed by atoms with Crippen LogP contribution in [0.25, 0.3) is 11.5 Å². The second-order valence-electron chi connectivity index (χ2n) is 5.64. The number of hydrogen-bond acceptors (Lipinski definition) is 6. The zero-order valence-electron chi connectivity index (χ0n) is 12.9. The molecular weight excluding hydrogens is 398 g/mol. The van der Waals surface area contributed by atoms with Crippen LogP contribution in [0.2, 0.25) is 0 Å². The van der Waals surface area contributed by atoms with E-state index in [-0.39, 0.29) is 10.8 Å². The zero-order valence-corrected chi connectivity index (χ0v) is 15.3. The first kappa shape index (κ1) is 17.3. The first-order chi connectivity index (χ1) is 11.5. The maximum Gasteiger partial charge on any atom is 0.364 e. The van der Waals surface area contributed by atoms with Crippen LogP contribution in [-0.4, -0.2) is 46.7 Å². The number of rotatable bonds is 4. The Balaban J connectivity index is 1.85. The number of ether oxygens (including phenoxy) is 1. The molecule has 0 spiro atoms. The molecule has 2 aromatic rings. The smallest absolute Gasteiger partial charge is 0.364 e. The van der Waals surface area contributed by atoms with Gasteiger partial charge in [0.2, 0.25) is 5.89 Å². The monoisotopic (exact) mass is 414 g/mol. The second-order valence-corrected chi connectivity index (χ2v) is 6.84. The number of esters is 1. The molecule has 1 aliphatic rings. The quantitative estimate of drug-likeness (QED) is 0.568. The number of nitrogens with zero attached hydrogens (tertiary/aromatic N) is 2. The molecule has 128 valence electrons. The van der Waals surface area contributed by atoms with E-state index in [4.69, 9.17) is 21.4 Å². The highest BCUT2D eigenvalue weighted by Crippen LogP contribution is 2.26. The number of hydrogen-bond donors (Lipinski definition) is 2. The summed E-state index contributed by atoms with van der Waals surface area (Å²) in [5.74, 6) is 0.0591. The van der Waals surface area contributed by atoms with Crippen LogP contribution in [0.4, 0.5) is 0 Å². The summed E-state index contributed by atoms with van der Waals surface area (Å²) in [6.45, 7) is 0.752. The van der Waals surface area contributed by atoms with Crippen LogP contribution in [0, 0.1) is 4.84 Å². The van der Waals surface area contributed by atoms with Crippen LogP contribution in [0.3, 0.4) is 0 Å². The molecule has 1 aromatic carbocycles. The average molecular weight is 415 g/mol. The van der Waals surface area contributed by atoms with Crippen LogP contribution in [-0.2, 0) is 16.2 Å². The lowest BCUT2D eigenvalue weighted by Gasteiger charge is -2.18. The Morgan fingerprint density at radius 3 is 3.04 bits per heavy atom. The number of aromatic nitrogens is 2. The molecular formula is C15H17BrN3O4S+. The van der Waals surface area contributed by atoms with Gasteiger partial charge in [0.25, 0.3) is 4.84 Å². The topological polar surface area (TPSA) is 81.9 Å². The minimum atomic E-state index is -0.548. The molecule has 9 heteroatoms. The largest absolute Gasteiger partial charge is 0.465 e. The van der Waals surface area contributed by atoms with E-state index in [9.17, 15) is 9.90 Å². The molecule has 1 aliphatic heterocycles. The standard InChI is InChI=1S/C15H16BrN3O4S/c1-22-14(21)12-6-9(20)7-18(12)8-19-15(24)23-13(17-19)10-4-2-3-5-11(10)16/h2-5,9,12,20H,6-8H2,1H3/p+1/t9-,12-/m0/s1. The highest BCUT2D eigenvalue weighted by molar-refractivity contribution is 9.10. The predicted molar refractivity (Wildman–Crippen MR) is 90.7 cm³/mol. The lowest BCUT2D eigenvalue weighted by molar-refractivity contribution is -0.928. The van der Waals surface area contributed by atoms with Crippen molar-refractivity contribution in [2.75, 3.05) is 13.7 Å². The fourth-order valence-corrected chi connectivity index (χ4v) is 3.53. The highest BCUT2D eigenvalue weighted by Gasteiger charge is 2.41. The zero-order chi connectivity index (χ0) is 17.3. The van der Waals surface area contributed by atoms with Crippen molar-refractivity contribution in [2.24, 2.45) is 0 Å². The van der Waals surface area contributed by atoms with Crippen LogP contribution in [0.1, 0.15) is 6.42 Å². The molecule has 0 saturated carbocycles. The average Bonchev–Trinajstić information content (AvgIpc) is 3.10. The summed E-state index contributed by atoms with van der Waals surface area (Å²) in [6, 6.07) is 7.11. The molecule has 0 amide bonds. The second kappa shape index (κ2) is 7.14. The fraction of sp³-hybridized carbons (Fsp3) is 0.400. The van der Waals surface area contributed by atoms with Crippen molar-refractivity contribution >= 4 is 34.1 Å². The van der Waals surface area contributed by atoms with Crippen LogP contribution < -0.4 is 4.90 Å². The Labute approximate surface area is 152 Å². The van der Waals surface area contributed by atoms with E-state index in [1.807, 2.05) is 24.3 Å². The van der Waals surface area contributed by atoms with Crippen LogP contribution in [0.5, 0.6) is 0 Å². The SMILES string of the molecule is COC(=O)[C@@H]1C[C@H](O)C[NH+]1Cn1nc(-c2ccccc2Br)oc1=S. The van der Waals surface area contributed by atoms with Crippen LogP contribution >= 0.6 is 28.1 Å². The molecule has 1 aromatic heterocycles. The van der Waals surface area contributed by atoms with Gasteiger partial charge in [-0.15, -0.1) is 5.10 Å². The van der Waals surface area contributed by atoms with Gasteiger partial charge < -0.3 is 19.2 Å². The molecule has 3 atom stereocenters. The molecule has 0 aliphatic carbocycles. The van der Waals surface area contributed by atoms with E-state index < -0.39 is 12.1 Å². The molecule has 1 fully saturated rings. The molecule has 3 rings (SSSR count). The van der Waals surface area contributed by atoms with Gasteiger partial charge in [0, 0.05) is 10.9 Å². The van der Waals surface area contributed by atoms with Crippen molar-refractivity contribution < 1.29 is 24.0 Å². The van der Waals surface area contributed by atoms with Crippen molar-refractivity contribution in [1.82, 2.24) is 9.78 Å². The van der Waals surface area contributed by atoms with E-state index in [2.05, 4.69) is 21.0 Å². The van der Waals surface area contributed by atoms with Gasteiger partial charge in [0.1, 0.15) is 12.6 Å². The predicted octanol–water partition coefficient (Wildman–Crippen LogP) is 0.784. The Morgan fingerprint density at radius 2 is 2.33 bits per heavy atom. The molecule has 7 nitrogen and oxygen atoms in total. The first-order valence-electron chi connectivity index (χ1n) is 7.43. The molecule has 1 saturated heterocycles. The first-order valence-corrected chi connectivity index (χ1v) is 8.63. The third-order valence-electron chi connectivity index (χ3n) is 4.05. The summed E-state index contributed by atoms with van der Waals surface area (Å²) in [6.07, 6.45) is -0.183. The third kappa shape index (κ3) is 3.44. The van der Waals surface area contributed by atoms with Crippen molar-refractivity contribution in [2.45, 2.75) is 25.2 Å². The van der Waals surface area contributed by atoms with Crippen molar-refractivity contribution in [3.8, 4) is 11.5 Å². The van der Waals surface area contributed by atoms with Gasteiger partial charge in [-0.25, -0.2) is 4.79 Å². The number of methoxy groups -OCH3 is 1. The van der Waals surface area contributed by atoms with Gasteiger partial charge in [-0.3, -0.25) is 0 Å². The number of carbonyl (C=O) groups is 1. The van der Waals surface area contributed by atoms with E-state index in [1.165, 1.54) is 11.8 Å². The molecule has 24 heavy (non-hydrogen) atoms. The van der Waals surface area contributed by atoms with Crippen molar-refractivity contribution in [3.63, 3.8) is 0 Å². The molecule has 0 radical (unpaired) electrons. The highest BCUT2D eigenvalue weighted by atomic mass is 79.9. The normalized spacial score (nSPS) is 23.4. The summed E-state index contributed by atoms with van der Waals surface area (Å²) in [5, 5.41) is 14.3. The fourth-order valence-electron chi connectivity index (χ4n) is 2.89. The summed E-state index contributed by atoms with van der Waals surface area (Å²) >= 11 is 8.70. The van der Waals surface area contributed by atoms with Gasteiger partial charge in [-0.05, 0) is 40.3 Å². The summed E-state index contributed by atoms with van der Waals surface area (Å²) < 4.78 is 12.8. The third-order valence-corrected chi connectivity index (χ3v) is 5.03. The Hall–Kier alpha value is -1.55. The summed E-state index contributed by atoms with van der Waals surface area (Å²) in [5.41, 5.74) is 0.795. The lowest BCUT2D eigenvalue weighted by Crippen LogP contribution is -3.14. The minimum Gasteiger partial charge on any atom is -0.465 e. The maximum absolute atomic E-state index is 11.9. The number of halogens is 1. The Kier molecular flexibility index (Phi) is 5.14. The molecule has 2 heterocycles. The number of aliphatic hydroxyl groups excluding tert-OH is 1. The Morgan fingerprint density at radius 1 is 1.58 bits per heavy atom. The molecule has 1 unspecified atom stereocenters. The number of aliphatic hydroxyl groups is 1. The van der Waals surface area contributed by atoms with Gasteiger partial charge in [0.15, 0.2) is 12.7 Å². The van der Waals surface area contributed by atoms with Crippen LogP contribution in [0.15, 0.2) is 33.2 Å². The van der Waals surface area contributed by atoms with Crippen molar-refractivity contribution in [1.29, 1.82) is 0 Å². The number of nitrogens with one attached hydrogen (secondary N) is 1. The molecule has 2 N–H and O–H groups in total. The number of benzene rings is 1. The summed E-state index contributed by atoms with van der Waals surface area (Å²) in [7, 11) is 1.34. The number of carbonyl (C=O) groups excluding carboxylic acids is 1. The van der Waals surface area contributed by atoms with E-state index >= 15 is 0 Å². The number of quaternary nitrogens is 1. The maximum atomic E-state index is 11.9. The van der Waals surface area contributed by atoms with E-state index in [0.717, 1.165) is 14.9 Å². The lowest BCUT2D eigenvalue weighted by atomic mass is 10.2. The van der Waals surface area contributed by atoms with E-state index in [0.29, 0.717) is 25.5 Å². The van der Waals surface area contributed by atoms with E-state index in [1.54, 1.807) is 0 Å².